The van der Waals surface area contributed by atoms with Gasteiger partial charge in [0.05, 0.1) is 0 Å². The molecule has 1 aromatic carbocycles. The third-order valence-corrected chi connectivity index (χ3v) is 3.15. The number of aryl methyl sites for hydroxylation is 2. The van der Waals surface area contributed by atoms with Gasteiger partial charge in [0.1, 0.15) is 6.54 Å². The molecule has 4 nitrogen and oxygen atoms in total. The van der Waals surface area contributed by atoms with E-state index in [1.807, 2.05) is 52.8 Å². The molecular weight excluding hydrogens is 252 g/mol. The second-order valence-electron chi connectivity index (χ2n) is 6.14. The SMILES string of the molecule is CC(=O)N(CC(=O)Nc1ccc(C)cc1C)C(C)(C)C. The van der Waals surface area contributed by atoms with Gasteiger partial charge >= 0.3 is 0 Å². The average molecular weight is 276 g/mol. The van der Waals surface area contributed by atoms with Gasteiger partial charge in [-0.2, -0.15) is 0 Å². The number of nitrogens with zero attached hydrogens (tertiary/aromatic N) is 1. The molecule has 0 heterocycles. The highest BCUT2D eigenvalue weighted by atomic mass is 16.2. The smallest absolute Gasteiger partial charge is 0.244 e. The lowest BCUT2D eigenvalue weighted by Crippen LogP contribution is -2.48. The predicted octanol–water partition coefficient (Wildman–Crippen LogP) is 2.89. The van der Waals surface area contributed by atoms with Crippen molar-refractivity contribution in [2.45, 2.75) is 47.1 Å². The molecule has 0 atom stereocenters. The summed E-state index contributed by atoms with van der Waals surface area (Å²) in [6.45, 7) is 11.3. The fourth-order valence-electron chi connectivity index (χ4n) is 2.11. The van der Waals surface area contributed by atoms with Crippen LogP contribution in [-0.4, -0.2) is 28.8 Å². The van der Waals surface area contributed by atoms with Crippen LogP contribution >= 0.6 is 0 Å². The lowest BCUT2D eigenvalue weighted by Gasteiger charge is -2.34. The summed E-state index contributed by atoms with van der Waals surface area (Å²) in [6.07, 6.45) is 0. The van der Waals surface area contributed by atoms with Crippen molar-refractivity contribution in [3.8, 4) is 0 Å². The van der Waals surface area contributed by atoms with Crippen LogP contribution in [0.15, 0.2) is 18.2 Å². The number of rotatable bonds is 3. The first-order valence-corrected chi connectivity index (χ1v) is 6.76. The number of anilines is 1. The fourth-order valence-corrected chi connectivity index (χ4v) is 2.11. The molecular formula is C16H24N2O2. The van der Waals surface area contributed by atoms with Crippen LogP contribution in [0.25, 0.3) is 0 Å². The van der Waals surface area contributed by atoms with Crippen LogP contribution in [0, 0.1) is 13.8 Å². The maximum Gasteiger partial charge on any atom is 0.244 e. The van der Waals surface area contributed by atoms with E-state index in [0.29, 0.717) is 0 Å². The minimum absolute atomic E-state index is 0.0617. The van der Waals surface area contributed by atoms with Gasteiger partial charge < -0.3 is 10.2 Å². The van der Waals surface area contributed by atoms with Crippen molar-refractivity contribution in [2.24, 2.45) is 0 Å². The zero-order valence-electron chi connectivity index (χ0n) is 13.2. The Balaban J connectivity index is 2.79. The Bertz CT molecular complexity index is 516. The highest BCUT2D eigenvalue weighted by molar-refractivity contribution is 5.95. The highest BCUT2D eigenvalue weighted by Crippen LogP contribution is 2.17. The second kappa shape index (κ2) is 6.07. The number of nitrogens with one attached hydrogen (secondary N) is 1. The minimum Gasteiger partial charge on any atom is -0.329 e. The summed E-state index contributed by atoms with van der Waals surface area (Å²) in [7, 11) is 0. The standard InChI is InChI=1S/C16H24N2O2/c1-11-7-8-14(12(2)9-11)17-15(20)10-18(13(3)19)16(4,5)6/h7-9H,10H2,1-6H3,(H,17,20). The van der Waals surface area contributed by atoms with Gasteiger partial charge in [0.2, 0.25) is 11.8 Å². The third-order valence-electron chi connectivity index (χ3n) is 3.15. The molecule has 20 heavy (non-hydrogen) atoms. The zero-order valence-corrected chi connectivity index (χ0v) is 13.2. The van der Waals surface area contributed by atoms with Gasteiger partial charge in [-0.05, 0) is 46.2 Å². The summed E-state index contributed by atoms with van der Waals surface area (Å²) in [5.41, 5.74) is 2.59. The summed E-state index contributed by atoms with van der Waals surface area (Å²) >= 11 is 0. The molecule has 1 rings (SSSR count). The Hall–Kier alpha value is -1.84. The molecule has 0 aliphatic rings. The van der Waals surface area contributed by atoms with E-state index in [9.17, 15) is 9.59 Å². The molecule has 0 radical (unpaired) electrons. The molecule has 0 aliphatic carbocycles. The van der Waals surface area contributed by atoms with E-state index in [-0.39, 0.29) is 23.9 Å². The molecule has 0 saturated carbocycles. The molecule has 0 aliphatic heterocycles. The van der Waals surface area contributed by atoms with Gasteiger partial charge in [0, 0.05) is 18.2 Å². The number of hydrogen-bond acceptors (Lipinski definition) is 2. The van der Waals surface area contributed by atoms with Crippen molar-refractivity contribution in [1.29, 1.82) is 0 Å². The summed E-state index contributed by atoms with van der Waals surface area (Å²) < 4.78 is 0. The van der Waals surface area contributed by atoms with Gasteiger partial charge in [0.25, 0.3) is 0 Å². The van der Waals surface area contributed by atoms with E-state index in [1.54, 1.807) is 4.90 Å². The molecule has 0 bridgehead atoms. The van der Waals surface area contributed by atoms with Crippen LogP contribution < -0.4 is 5.32 Å². The first kappa shape index (κ1) is 16.2. The molecule has 110 valence electrons. The van der Waals surface area contributed by atoms with E-state index in [0.717, 1.165) is 16.8 Å². The number of benzene rings is 1. The van der Waals surface area contributed by atoms with Gasteiger partial charge in [0.15, 0.2) is 0 Å². The topological polar surface area (TPSA) is 49.4 Å². The molecule has 0 aromatic heterocycles. The molecule has 0 saturated heterocycles. The van der Waals surface area contributed by atoms with Crippen LogP contribution in [-0.2, 0) is 9.59 Å². The number of hydrogen-bond donors (Lipinski definition) is 1. The summed E-state index contributed by atoms with van der Waals surface area (Å²) in [4.78, 5) is 25.3. The maximum atomic E-state index is 12.1. The molecule has 4 heteroatoms. The average Bonchev–Trinajstić information content (AvgIpc) is 2.28. The largest absolute Gasteiger partial charge is 0.329 e. The van der Waals surface area contributed by atoms with Crippen molar-refractivity contribution >= 4 is 17.5 Å². The summed E-state index contributed by atoms with van der Waals surface area (Å²) in [5.74, 6) is -0.282. The first-order chi connectivity index (χ1) is 9.11. The quantitative estimate of drug-likeness (QED) is 0.923. The first-order valence-electron chi connectivity index (χ1n) is 6.76. The number of amides is 2. The Morgan fingerprint density at radius 3 is 2.25 bits per heavy atom. The van der Waals surface area contributed by atoms with Crippen LogP contribution in [0.2, 0.25) is 0 Å². The van der Waals surface area contributed by atoms with Crippen molar-refractivity contribution in [1.82, 2.24) is 4.90 Å². The Morgan fingerprint density at radius 2 is 1.80 bits per heavy atom. The Morgan fingerprint density at radius 1 is 1.20 bits per heavy atom. The number of carbonyl (C=O) groups is 2. The van der Waals surface area contributed by atoms with Gasteiger partial charge in [-0.15, -0.1) is 0 Å². The summed E-state index contributed by atoms with van der Waals surface area (Å²) in [5, 5.41) is 2.86. The van der Waals surface area contributed by atoms with E-state index < -0.39 is 0 Å². The molecule has 1 aromatic rings. The second-order valence-corrected chi connectivity index (χ2v) is 6.14. The molecule has 0 spiro atoms. The van der Waals surface area contributed by atoms with Crippen molar-refractivity contribution in [3.63, 3.8) is 0 Å². The molecule has 0 fully saturated rings. The summed E-state index contributed by atoms with van der Waals surface area (Å²) in [6, 6.07) is 5.86. The van der Waals surface area contributed by atoms with E-state index in [4.69, 9.17) is 0 Å². The van der Waals surface area contributed by atoms with Crippen molar-refractivity contribution in [3.05, 3.63) is 29.3 Å². The van der Waals surface area contributed by atoms with Gasteiger partial charge in [-0.1, -0.05) is 17.7 Å². The normalized spacial score (nSPS) is 11.1. The number of carbonyl (C=O) groups excluding carboxylic acids is 2. The van der Waals surface area contributed by atoms with E-state index in [1.165, 1.54) is 6.92 Å². The van der Waals surface area contributed by atoms with Crippen LogP contribution in [0.4, 0.5) is 5.69 Å². The lowest BCUT2D eigenvalue weighted by atomic mass is 10.1. The van der Waals surface area contributed by atoms with E-state index >= 15 is 0 Å². The monoisotopic (exact) mass is 276 g/mol. The van der Waals surface area contributed by atoms with Crippen LogP contribution in [0.1, 0.15) is 38.8 Å². The van der Waals surface area contributed by atoms with Crippen LogP contribution in [0.5, 0.6) is 0 Å². The lowest BCUT2D eigenvalue weighted by molar-refractivity contribution is -0.137. The third kappa shape index (κ3) is 4.37. The maximum absolute atomic E-state index is 12.1. The van der Waals surface area contributed by atoms with Crippen LogP contribution in [0.3, 0.4) is 0 Å². The minimum atomic E-state index is -0.370. The Labute approximate surface area is 121 Å². The van der Waals surface area contributed by atoms with Crippen molar-refractivity contribution < 1.29 is 9.59 Å². The van der Waals surface area contributed by atoms with E-state index in [2.05, 4.69) is 5.32 Å². The predicted molar refractivity (Wildman–Crippen MR) is 81.7 cm³/mol. The van der Waals surface area contributed by atoms with Gasteiger partial charge in [-0.3, -0.25) is 9.59 Å². The van der Waals surface area contributed by atoms with Gasteiger partial charge in [-0.25, -0.2) is 0 Å². The Kier molecular flexibility index (Phi) is 4.93. The van der Waals surface area contributed by atoms with Crippen molar-refractivity contribution in [2.75, 3.05) is 11.9 Å². The fraction of sp³-hybridized carbons (Fsp3) is 0.500. The molecule has 0 unspecified atom stereocenters. The molecule has 2 amide bonds. The highest BCUT2D eigenvalue weighted by Gasteiger charge is 2.25. The zero-order chi connectivity index (χ0) is 15.5. The molecule has 1 N–H and O–H groups in total.